The minimum Gasteiger partial charge on any atom is -0.352 e. The zero-order chi connectivity index (χ0) is 18.2. The Morgan fingerprint density at radius 1 is 1.20 bits per heavy atom. The lowest BCUT2D eigenvalue weighted by Crippen LogP contribution is -2.49. The fourth-order valence-electron chi connectivity index (χ4n) is 2.65. The van der Waals surface area contributed by atoms with Crippen molar-refractivity contribution in [3.63, 3.8) is 0 Å². The van der Waals surface area contributed by atoms with Gasteiger partial charge >= 0.3 is 6.18 Å². The molecule has 2 aromatic rings. The maximum absolute atomic E-state index is 12.7. The van der Waals surface area contributed by atoms with E-state index in [-0.39, 0.29) is 10.9 Å². The fraction of sp³-hybridized carbons (Fsp3) is 0.400. The van der Waals surface area contributed by atoms with Crippen LogP contribution in [0.1, 0.15) is 15.9 Å². The van der Waals surface area contributed by atoms with E-state index >= 15 is 0 Å². The molecule has 0 radical (unpaired) electrons. The van der Waals surface area contributed by atoms with Gasteiger partial charge in [-0.25, -0.2) is 4.98 Å². The van der Waals surface area contributed by atoms with Crippen molar-refractivity contribution < 1.29 is 18.0 Å². The van der Waals surface area contributed by atoms with E-state index in [4.69, 9.17) is 11.6 Å². The number of hydrogen-bond donors (Lipinski definition) is 0. The Bertz CT molecular complexity index is 784. The molecule has 1 aliphatic rings. The van der Waals surface area contributed by atoms with Crippen molar-refractivity contribution in [2.45, 2.75) is 6.18 Å². The third kappa shape index (κ3) is 3.71. The second kappa shape index (κ2) is 6.55. The van der Waals surface area contributed by atoms with Crippen LogP contribution in [0.15, 0.2) is 24.7 Å². The molecule has 2 aromatic heterocycles. The van der Waals surface area contributed by atoms with Gasteiger partial charge in [0.05, 0.1) is 22.3 Å². The molecule has 0 atom stereocenters. The normalized spacial score (nSPS) is 15.6. The first-order valence-corrected chi connectivity index (χ1v) is 7.89. The van der Waals surface area contributed by atoms with Gasteiger partial charge < -0.3 is 9.80 Å². The molecule has 1 fully saturated rings. The smallest absolute Gasteiger partial charge is 0.352 e. The third-order valence-electron chi connectivity index (χ3n) is 3.97. The van der Waals surface area contributed by atoms with Gasteiger partial charge in [-0.2, -0.15) is 18.3 Å². The predicted molar refractivity (Wildman–Crippen MR) is 85.6 cm³/mol. The van der Waals surface area contributed by atoms with E-state index in [1.54, 1.807) is 27.7 Å². The summed E-state index contributed by atoms with van der Waals surface area (Å²) in [4.78, 5) is 19.7. The molecule has 0 bridgehead atoms. The SMILES string of the molecule is Cn1cc(C(=O)N2CCN(c3ncc(C(F)(F)F)cc3Cl)CC2)cn1. The number of carbonyl (C=O) groups excluding carboxylic acids is 1. The number of aryl methyl sites for hydroxylation is 1. The van der Waals surface area contributed by atoms with Crippen molar-refractivity contribution in [1.82, 2.24) is 19.7 Å². The Balaban J connectivity index is 1.67. The highest BCUT2D eigenvalue weighted by atomic mass is 35.5. The minimum absolute atomic E-state index is 0.0538. The summed E-state index contributed by atoms with van der Waals surface area (Å²) in [7, 11) is 1.73. The van der Waals surface area contributed by atoms with E-state index in [1.165, 1.54) is 6.20 Å². The van der Waals surface area contributed by atoms with Crippen LogP contribution < -0.4 is 4.90 Å². The molecule has 0 unspecified atom stereocenters. The quantitative estimate of drug-likeness (QED) is 0.811. The third-order valence-corrected chi connectivity index (χ3v) is 4.25. The van der Waals surface area contributed by atoms with E-state index in [0.29, 0.717) is 37.6 Å². The van der Waals surface area contributed by atoms with Crippen LogP contribution in [0.5, 0.6) is 0 Å². The maximum Gasteiger partial charge on any atom is 0.417 e. The standard InChI is InChI=1S/C15H15ClF3N5O/c1-22-9-10(7-21-22)14(25)24-4-2-23(3-5-24)13-12(16)6-11(8-20-13)15(17,18)19/h6-9H,2-5H2,1H3. The van der Waals surface area contributed by atoms with E-state index in [0.717, 1.165) is 12.3 Å². The van der Waals surface area contributed by atoms with Crippen LogP contribution in [-0.2, 0) is 13.2 Å². The summed E-state index contributed by atoms with van der Waals surface area (Å²) >= 11 is 5.97. The number of anilines is 1. The molecule has 1 amide bonds. The first kappa shape index (κ1) is 17.5. The van der Waals surface area contributed by atoms with Crippen LogP contribution in [0.4, 0.5) is 19.0 Å². The highest BCUT2D eigenvalue weighted by Gasteiger charge is 2.32. The summed E-state index contributed by atoms with van der Waals surface area (Å²) in [5, 5.41) is 3.92. The van der Waals surface area contributed by atoms with Crippen molar-refractivity contribution in [3.05, 3.63) is 40.8 Å². The van der Waals surface area contributed by atoms with Gasteiger partial charge in [0.1, 0.15) is 5.82 Å². The maximum atomic E-state index is 12.7. The molecular weight excluding hydrogens is 359 g/mol. The van der Waals surface area contributed by atoms with E-state index in [1.807, 2.05) is 0 Å². The number of hydrogen-bond acceptors (Lipinski definition) is 4. The second-order valence-electron chi connectivity index (χ2n) is 5.71. The molecule has 25 heavy (non-hydrogen) atoms. The van der Waals surface area contributed by atoms with Crippen molar-refractivity contribution in [2.24, 2.45) is 7.05 Å². The van der Waals surface area contributed by atoms with E-state index < -0.39 is 11.7 Å². The number of halogens is 4. The van der Waals surface area contributed by atoms with Crippen LogP contribution in [0, 0.1) is 0 Å². The molecule has 1 aliphatic heterocycles. The minimum atomic E-state index is -4.48. The average molecular weight is 374 g/mol. The molecule has 0 saturated carbocycles. The summed E-state index contributed by atoms with van der Waals surface area (Å²) in [6.07, 6.45) is -0.565. The summed E-state index contributed by atoms with van der Waals surface area (Å²) < 4.78 is 39.6. The lowest BCUT2D eigenvalue weighted by Gasteiger charge is -2.35. The number of rotatable bonds is 2. The van der Waals surface area contributed by atoms with Gasteiger partial charge in [0, 0.05) is 45.6 Å². The van der Waals surface area contributed by atoms with Crippen molar-refractivity contribution in [3.8, 4) is 0 Å². The van der Waals surface area contributed by atoms with Crippen molar-refractivity contribution >= 4 is 23.3 Å². The van der Waals surface area contributed by atoms with Crippen molar-refractivity contribution in [1.29, 1.82) is 0 Å². The monoisotopic (exact) mass is 373 g/mol. The lowest BCUT2D eigenvalue weighted by molar-refractivity contribution is -0.137. The first-order valence-electron chi connectivity index (χ1n) is 7.51. The largest absolute Gasteiger partial charge is 0.417 e. The summed E-state index contributed by atoms with van der Waals surface area (Å²) in [5.74, 6) is 0.169. The molecule has 3 rings (SSSR count). The Kier molecular flexibility index (Phi) is 4.59. The van der Waals surface area contributed by atoms with Crippen molar-refractivity contribution in [2.75, 3.05) is 31.1 Å². The number of nitrogens with zero attached hydrogens (tertiary/aromatic N) is 5. The first-order chi connectivity index (χ1) is 11.8. The molecule has 0 N–H and O–H groups in total. The Hall–Kier alpha value is -2.29. The number of carbonyl (C=O) groups is 1. The molecule has 0 aromatic carbocycles. The lowest BCUT2D eigenvalue weighted by atomic mass is 10.2. The summed E-state index contributed by atoms with van der Waals surface area (Å²) in [6, 6.07) is 0.872. The highest BCUT2D eigenvalue weighted by molar-refractivity contribution is 6.33. The fourth-order valence-corrected chi connectivity index (χ4v) is 2.94. The Morgan fingerprint density at radius 2 is 1.88 bits per heavy atom. The van der Waals surface area contributed by atoms with E-state index in [9.17, 15) is 18.0 Å². The van der Waals surface area contributed by atoms with Crippen LogP contribution >= 0.6 is 11.6 Å². The second-order valence-corrected chi connectivity index (χ2v) is 6.12. The molecule has 3 heterocycles. The van der Waals surface area contributed by atoms with Gasteiger partial charge in [-0.15, -0.1) is 0 Å². The van der Waals surface area contributed by atoms with Gasteiger partial charge in [-0.3, -0.25) is 9.48 Å². The zero-order valence-corrected chi connectivity index (χ0v) is 14.0. The summed E-state index contributed by atoms with van der Waals surface area (Å²) in [5.41, 5.74) is -0.381. The van der Waals surface area contributed by atoms with Gasteiger partial charge in [0.25, 0.3) is 5.91 Å². The molecule has 0 spiro atoms. The molecule has 1 saturated heterocycles. The number of piperazine rings is 1. The number of alkyl halides is 3. The Morgan fingerprint density at radius 3 is 2.40 bits per heavy atom. The van der Waals surface area contributed by atoms with Gasteiger partial charge in [-0.1, -0.05) is 11.6 Å². The highest BCUT2D eigenvalue weighted by Crippen LogP contribution is 2.33. The van der Waals surface area contributed by atoms with Crippen LogP contribution in [0.3, 0.4) is 0 Å². The van der Waals surface area contributed by atoms with Gasteiger partial charge in [0.2, 0.25) is 0 Å². The number of aromatic nitrogens is 3. The number of pyridine rings is 1. The Labute approximate surface area is 146 Å². The van der Waals surface area contributed by atoms with E-state index in [2.05, 4.69) is 10.1 Å². The summed E-state index contributed by atoms with van der Waals surface area (Å²) in [6.45, 7) is 1.72. The molecule has 0 aliphatic carbocycles. The molecule has 134 valence electrons. The van der Waals surface area contributed by atoms with Gasteiger partial charge in [0.15, 0.2) is 0 Å². The number of amides is 1. The topological polar surface area (TPSA) is 54.3 Å². The average Bonchev–Trinajstić information content (AvgIpc) is 3.00. The van der Waals surface area contributed by atoms with Crippen LogP contribution in [-0.4, -0.2) is 51.8 Å². The molecule has 6 nitrogen and oxygen atoms in total. The predicted octanol–water partition coefficient (Wildman–Crippen LogP) is 2.45. The van der Waals surface area contributed by atoms with Crippen LogP contribution in [0.25, 0.3) is 0 Å². The molecular formula is C15H15ClF3N5O. The molecule has 10 heteroatoms. The van der Waals surface area contributed by atoms with Crippen LogP contribution in [0.2, 0.25) is 5.02 Å². The van der Waals surface area contributed by atoms with Gasteiger partial charge in [-0.05, 0) is 6.07 Å². The zero-order valence-electron chi connectivity index (χ0n) is 13.3.